The average molecular weight is 516 g/mol. The summed E-state index contributed by atoms with van der Waals surface area (Å²) in [5.41, 5.74) is 2.14. The number of nitrogens with zero attached hydrogens (tertiary/aromatic N) is 3. The van der Waals surface area contributed by atoms with Gasteiger partial charge in [0.05, 0.1) is 5.56 Å². The highest BCUT2D eigenvalue weighted by atomic mass is 32.2. The van der Waals surface area contributed by atoms with E-state index in [9.17, 15) is 22.8 Å². The Hall–Kier alpha value is -2.98. The average Bonchev–Trinajstić information content (AvgIpc) is 3.31. The minimum Gasteiger partial charge on any atom is -0.294 e. The molecule has 1 aromatic heterocycles. The first-order valence-electron chi connectivity index (χ1n) is 11.1. The molecule has 0 N–H and O–H groups in total. The van der Waals surface area contributed by atoms with Crippen LogP contribution in [0, 0.1) is 0 Å². The van der Waals surface area contributed by atoms with Gasteiger partial charge < -0.3 is 0 Å². The number of benzene rings is 2. The smallest absolute Gasteiger partial charge is 0.294 e. The van der Waals surface area contributed by atoms with Gasteiger partial charge in [0.2, 0.25) is 11.0 Å². The van der Waals surface area contributed by atoms with Gasteiger partial charge in [-0.2, -0.15) is 13.2 Å². The number of carbonyl (C=O) groups excluding carboxylic acids is 2. The normalized spacial score (nSPS) is 18.7. The second-order valence-electron chi connectivity index (χ2n) is 8.37. The molecule has 0 radical (unpaired) electrons. The first-order valence-corrected chi connectivity index (χ1v) is 12.9. The number of halogens is 3. The summed E-state index contributed by atoms with van der Waals surface area (Å²) in [6.45, 7) is 0. The van der Waals surface area contributed by atoms with Gasteiger partial charge in [0.25, 0.3) is 0 Å². The number of anilines is 1. The number of allylic oxidation sites excluding steroid dienone is 2. The lowest BCUT2D eigenvalue weighted by Gasteiger charge is -2.36. The Morgan fingerprint density at radius 2 is 1.83 bits per heavy atom. The Morgan fingerprint density at radius 3 is 2.60 bits per heavy atom. The Labute approximate surface area is 208 Å². The van der Waals surface area contributed by atoms with Crippen LogP contribution in [-0.2, 0) is 21.5 Å². The van der Waals surface area contributed by atoms with Crippen LogP contribution in [0.3, 0.4) is 0 Å². The SMILES string of the molecule is O=C1CCCC2=C1[C@@H](c1ccccc1)CC(=O)N2c1nnc(SCc2cccc(C(F)(F)F)c2)s1. The van der Waals surface area contributed by atoms with E-state index >= 15 is 0 Å². The Morgan fingerprint density at radius 1 is 1.03 bits per heavy atom. The predicted octanol–water partition coefficient (Wildman–Crippen LogP) is 6.38. The number of Topliss-reactive ketones (excluding diaryl/α,β-unsaturated/α-hetero) is 1. The van der Waals surface area contributed by atoms with Gasteiger partial charge in [0.15, 0.2) is 10.1 Å². The summed E-state index contributed by atoms with van der Waals surface area (Å²) in [6, 6.07) is 14.8. The number of hydrogen-bond acceptors (Lipinski definition) is 6. The summed E-state index contributed by atoms with van der Waals surface area (Å²) in [6.07, 6.45) is -2.51. The van der Waals surface area contributed by atoms with Gasteiger partial charge in [-0.05, 0) is 30.0 Å². The number of alkyl halides is 3. The molecule has 35 heavy (non-hydrogen) atoms. The highest BCUT2D eigenvalue weighted by Gasteiger charge is 2.40. The van der Waals surface area contributed by atoms with Crippen molar-refractivity contribution in [1.82, 2.24) is 10.2 Å². The maximum atomic E-state index is 13.3. The third-order valence-corrected chi connectivity index (χ3v) is 8.19. The molecular weight excluding hydrogens is 495 g/mol. The fraction of sp³-hybridized carbons (Fsp3) is 0.280. The summed E-state index contributed by atoms with van der Waals surface area (Å²) in [4.78, 5) is 27.7. The molecule has 0 saturated carbocycles. The van der Waals surface area contributed by atoms with Crippen molar-refractivity contribution in [3.8, 4) is 0 Å². The second kappa shape index (κ2) is 9.58. The fourth-order valence-electron chi connectivity index (χ4n) is 4.52. The highest BCUT2D eigenvalue weighted by Crippen LogP contribution is 2.44. The molecular formula is C25H20F3N3O2S2. The largest absolute Gasteiger partial charge is 0.416 e. The minimum absolute atomic E-state index is 0.0567. The van der Waals surface area contributed by atoms with E-state index in [0.29, 0.717) is 45.6 Å². The van der Waals surface area contributed by atoms with Crippen LogP contribution in [0.5, 0.6) is 0 Å². The van der Waals surface area contributed by atoms with E-state index in [0.717, 1.165) is 17.7 Å². The van der Waals surface area contributed by atoms with E-state index < -0.39 is 11.7 Å². The van der Waals surface area contributed by atoms with Gasteiger partial charge in [-0.1, -0.05) is 71.6 Å². The Kier molecular flexibility index (Phi) is 6.50. The third-order valence-electron chi connectivity index (χ3n) is 6.08. The van der Waals surface area contributed by atoms with Crippen LogP contribution in [0.25, 0.3) is 0 Å². The molecule has 1 atom stereocenters. The number of carbonyl (C=O) groups is 2. The van der Waals surface area contributed by atoms with Gasteiger partial charge in [-0.15, -0.1) is 10.2 Å². The van der Waals surface area contributed by atoms with E-state index in [4.69, 9.17) is 0 Å². The molecule has 5 rings (SSSR count). The fourth-order valence-corrected chi connectivity index (χ4v) is 6.35. The first kappa shape index (κ1) is 23.7. The van der Waals surface area contributed by atoms with E-state index in [1.165, 1.54) is 34.1 Å². The van der Waals surface area contributed by atoms with Crippen LogP contribution in [-0.4, -0.2) is 21.9 Å². The first-order chi connectivity index (χ1) is 16.8. The number of ketones is 1. The summed E-state index contributed by atoms with van der Waals surface area (Å²) < 4.78 is 39.5. The molecule has 1 aliphatic heterocycles. The molecule has 2 aromatic carbocycles. The monoisotopic (exact) mass is 515 g/mol. The van der Waals surface area contributed by atoms with Gasteiger partial charge >= 0.3 is 6.18 Å². The van der Waals surface area contributed by atoms with E-state index in [2.05, 4.69) is 10.2 Å². The quantitative estimate of drug-likeness (QED) is 0.292. The lowest BCUT2D eigenvalue weighted by molar-refractivity contribution is -0.137. The summed E-state index contributed by atoms with van der Waals surface area (Å²) in [5, 5.41) is 8.74. The van der Waals surface area contributed by atoms with Gasteiger partial charge in [0.1, 0.15) is 0 Å². The maximum Gasteiger partial charge on any atom is 0.416 e. The van der Waals surface area contributed by atoms with E-state index in [1.807, 2.05) is 30.3 Å². The highest BCUT2D eigenvalue weighted by molar-refractivity contribution is 8.00. The van der Waals surface area contributed by atoms with Gasteiger partial charge in [-0.25, -0.2) is 0 Å². The molecule has 5 nitrogen and oxygen atoms in total. The Balaban J connectivity index is 1.40. The number of hydrogen-bond donors (Lipinski definition) is 0. The zero-order valence-corrected chi connectivity index (χ0v) is 20.1. The zero-order valence-electron chi connectivity index (χ0n) is 18.4. The maximum absolute atomic E-state index is 13.3. The molecule has 180 valence electrons. The second-order valence-corrected chi connectivity index (χ2v) is 10.5. The van der Waals surface area contributed by atoms with Crippen LogP contribution in [0.15, 0.2) is 70.2 Å². The van der Waals surface area contributed by atoms with Crippen molar-refractivity contribution >= 4 is 39.9 Å². The van der Waals surface area contributed by atoms with Crippen molar-refractivity contribution in [3.05, 3.63) is 82.6 Å². The van der Waals surface area contributed by atoms with Crippen molar-refractivity contribution in [2.75, 3.05) is 4.90 Å². The van der Waals surface area contributed by atoms with Crippen LogP contribution in [0.1, 0.15) is 48.3 Å². The van der Waals surface area contributed by atoms with Crippen molar-refractivity contribution in [1.29, 1.82) is 0 Å². The van der Waals surface area contributed by atoms with Crippen LogP contribution < -0.4 is 4.90 Å². The lowest BCUT2D eigenvalue weighted by atomic mass is 9.77. The molecule has 0 saturated heterocycles. The number of rotatable bonds is 5. The third kappa shape index (κ3) is 4.90. The van der Waals surface area contributed by atoms with E-state index in [-0.39, 0.29) is 29.8 Å². The van der Waals surface area contributed by atoms with Crippen LogP contribution in [0.2, 0.25) is 0 Å². The zero-order chi connectivity index (χ0) is 24.6. The Bertz CT molecular complexity index is 1300. The summed E-state index contributed by atoms with van der Waals surface area (Å²) in [5.74, 6) is -0.0702. The number of amides is 1. The van der Waals surface area contributed by atoms with E-state index in [1.54, 1.807) is 6.07 Å². The minimum atomic E-state index is -4.40. The molecule has 3 aromatic rings. The number of thioether (sulfide) groups is 1. The topological polar surface area (TPSA) is 63.2 Å². The predicted molar refractivity (Wildman–Crippen MR) is 128 cm³/mol. The van der Waals surface area contributed by atoms with Crippen molar-refractivity contribution in [3.63, 3.8) is 0 Å². The van der Waals surface area contributed by atoms with Crippen molar-refractivity contribution < 1.29 is 22.8 Å². The molecule has 0 unspecified atom stereocenters. The molecule has 0 fully saturated rings. The summed E-state index contributed by atoms with van der Waals surface area (Å²) >= 11 is 2.47. The molecule has 0 spiro atoms. The van der Waals surface area contributed by atoms with Crippen molar-refractivity contribution in [2.45, 2.75) is 47.9 Å². The van der Waals surface area contributed by atoms with Crippen LogP contribution in [0.4, 0.5) is 18.3 Å². The van der Waals surface area contributed by atoms with Crippen molar-refractivity contribution in [2.24, 2.45) is 0 Å². The van der Waals surface area contributed by atoms with Crippen LogP contribution >= 0.6 is 23.1 Å². The molecule has 2 heterocycles. The molecule has 10 heteroatoms. The molecule has 0 bridgehead atoms. The molecule has 1 aliphatic carbocycles. The van der Waals surface area contributed by atoms with Gasteiger partial charge in [-0.3, -0.25) is 14.5 Å². The standard InChI is InChI=1S/C25H20F3N3O2S2/c26-25(27,28)17-9-4-6-15(12-17)14-34-24-30-29-23(35-24)31-19-10-5-11-20(32)22(19)18(13-21(31)33)16-7-2-1-3-8-16/h1-4,6-9,12,18H,5,10-11,13-14H2/t18-/m1/s1. The lowest BCUT2D eigenvalue weighted by Crippen LogP contribution is -2.40. The number of aromatic nitrogens is 2. The molecule has 2 aliphatic rings. The van der Waals surface area contributed by atoms with Gasteiger partial charge in [0, 0.05) is 35.8 Å². The molecule has 1 amide bonds. The summed E-state index contributed by atoms with van der Waals surface area (Å²) in [7, 11) is 0.